The Labute approximate surface area is 111 Å². The highest BCUT2D eigenvalue weighted by molar-refractivity contribution is 9.10. The van der Waals surface area contributed by atoms with Gasteiger partial charge in [-0.1, -0.05) is 15.9 Å². The van der Waals surface area contributed by atoms with Gasteiger partial charge in [-0.15, -0.1) is 0 Å². The number of nitriles is 1. The van der Waals surface area contributed by atoms with Crippen LogP contribution in [0.4, 0.5) is 5.69 Å². The first-order valence-electron chi connectivity index (χ1n) is 5.50. The molecule has 92 valence electrons. The Morgan fingerprint density at radius 2 is 2.12 bits per heavy atom. The summed E-state index contributed by atoms with van der Waals surface area (Å²) in [5.41, 5.74) is 1.35. The first-order valence-corrected chi connectivity index (χ1v) is 6.29. The van der Waals surface area contributed by atoms with Gasteiger partial charge < -0.3 is 10.1 Å². The first kappa shape index (κ1) is 14.0. The lowest BCUT2D eigenvalue weighted by atomic mass is 10.2. The van der Waals surface area contributed by atoms with Crippen molar-refractivity contribution < 1.29 is 4.74 Å². The van der Waals surface area contributed by atoms with Crippen LogP contribution in [0.25, 0.3) is 0 Å². The van der Waals surface area contributed by atoms with Crippen molar-refractivity contribution >= 4 is 21.6 Å². The van der Waals surface area contributed by atoms with Gasteiger partial charge in [0.25, 0.3) is 0 Å². The van der Waals surface area contributed by atoms with Crippen LogP contribution in [0.3, 0.4) is 0 Å². The van der Waals surface area contributed by atoms with Crippen LogP contribution >= 0.6 is 15.9 Å². The summed E-state index contributed by atoms with van der Waals surface area (Å²) in [6, 6.07) is 7.70. The third-order valence-corrected chi connectivity index (χ3v) is 2.55. The van der Waals surface area contributed by atoms with Gasteiger partial charge in [0.1, 0.15) is 6.07 Å². The number of nitrogens with zero attached hydrogens (tertiary/aromatic N) is 1. The third-order valence-electron chi connectivity index (χ3n) is 2.05. The molecule has 0 aliphatic carbocycles. The number of ether oxygens (including phenoxy) is 1. The molecule has 4 heteroatoms. The lowest BCUT2D eigenvalue weighted by Gasteiger charge is -2.20. The molecule has 1 aromatic rings. The molecule has 0 fully saturated rings. The van der Waals surface area contributed by atoms with E-state index in [9.17, 15) is 0 Å². The number of nitrogens with one attached hydrogen (secondary N) is 1. The molecular formula is C13H17BrN2O. The van der Waals surface area contributed by atoms with Crippen molar-refractivity contribution in [2.24, 2.45) is 0 Å². The Morgan fingerprint density at radius 3 is 2.71 bits per heavy atom. The largest absolute Gasteiger partial charge is 0.382 e. The maximum absolute atomic E-state index is 8.96. The van der Waals surface area contributed by atoms with E-state index in [1.165, 1.54) is 0 Å². The summed E-state index contributed by atoms with van der Waals surface area (Å²) in [5.74, 6) is 0. The van der Waals surface area contributed by atoms with Crippen LogP contribution in [-0.2, 0) is 4.74 Å². The quantitative estimate of drug-likeness (QED) is 0.864. The van der Waals surface area contributed by atoms with E-state index < -0.39 is 0 Å². The van der Waals surface area contributed by atoms with Gasteiger partial charge in [-0.25, -0.2) is 0 Å². The fourth-order valence-electron chi connectivity index (χ4n) is 1.30. The Morgan fingerprint density at radius 1 is 1.41 bits per heavy atom. The molecule has 0 saturated carbocycles. The van der Waals surface area contributed by atoms with E-state index in [1.807, 2.05) is 32.9 Å². The van der Waals surface area contributed by atoms with Crippen molar-refractivity contribution in [2.75, 3.05) is 18.5 Å². The van der Waals surface area contributed by atoms with Crippen molar-refractivity contribution in [2.45, 2.75) is 26.4 Å². The minimum Gasteiger partial charge on any atom is -0.382 e. The van der Waals surface area contributed by atoms with E-state index in [-0.39, 0.29) is 5.60 Å². The van der Waals surface area contributed by atoms with Gasteiger partial charge in [0, 0.05) is 11.0 Å². The predicted molar refractivity (Wildman–Crippen MR) is 73.1 cm³/mol. The Bertz CT molecular complexity index is 418. The van der Waals surface area contributed by atoms with Crippen molar-refractivity contribution in [3.63, 3.8) is 0 Å². The second kappa shape index (κ2) is 6.04. The SMILES string of the molecule is CC(C)(C)OCCNc1cc(Br)ccc1C#N. The fraction of sp³-hybridized carbons (Fsp3) is 0.462. The molecule has 0 atom stereocenters. The molecule has 0 radical (unpaired) electrons. The highest BCUT2D eigenvalue weighted by Crippen LogP contribution is 2.20. The highest BCUT2D eigenvalue weighted by atomic mass is 79.9. The van der Waals surface area contributed by atoms with E-state index in [1.54, 1.807) is 6.07 Å². The van der Waals surface area contributed by atoms with E-state index in [0.717, 1.165) is 10.2 Å². The Balaban J connectivity index is 2.52. The summed E-state index contributed by atoms with van der Waals surface area (Å²) in [4.78, 5) is 0. The number of anilines is 1. The molecule has 0 unspecified atom stereocenters. The summed E-state index contributed by atoms with van der Waals surface area (Å²) < 4.78 is 6.55. The van der Waals surface area contributed by atoms with Crippen LogP contribution in [0.15, 0.2) is 22.7 Å². The van der Waals surface area contributed by atoms with Gasteiger partial charge in [-0.3, -0.25) is 0 Å². The van der Waals surface area contributed by atoms with Crippen molar-refractivity contribution in [3.05, 3.63) is 28.2 Å². The fourth-order valence-corrected chi connectivity index (χ4v) is 1.66. The molecule has 0 amide bonds. The third kappa shape index (κ3) is 5.20. The highest BCUT2D eigenvalue weighted by Gasteiger charge is 2.09. The van der Waals surface area contributed by atoms with Gasteiger partial charge in [-0.2, -0.15) is 5.26 Å². The van der Waals surface area contributed by atoms with Crippen LogP contribution in [0, 0.1) is 11.3 Å². The van der Waals surface area contributed by atoms with Crippen LogP contribution in [0.5, 0.6) is 0 Å². The monoisotopic (exact) mass is 296 g/mol. The number of benzene rings is 1. The second-order valence-electron chi connectivity index (χ2n) is 4.69. The minimum atomic E-state index is -0.128. The number of halogens is 1. The molecule has 1 aromatic carbocycles. The van der Waals surface area contributed by atoms with Crippen molar-refractivity contribution in [1.29, 1.82) is 5.26 Å². The minimum absolute atomic E-state index is 0.128. The summed E-state index contributed by atoms with van der Waals surface area (Å²) in [5, 5.41) is 12.2. The Kier molecular flexibility index (Phi) is 4.98. The number of hydrogen-bond acceptors (Lipinski definition) is 3. The molecule has 0 heterocycles. The van der Waals surface area contributed by atoms with Crippen molar-refractivity contribution in [1.82, 2.24) is 0 Å². The molecule has 3 nitrogen and oxygen atoms in total. The molecular weight excluding hydrogens is 280 g/mol. The molecule has 0 bridgehead atoms. The topological polar surface area (TPSA) is 45.0 Å². The normalized spacial score (nSPS) is 11.0. The van der Waals surface area contributed by atoms with Crippen molar-refractivity contribution in [3.8, 4) is 6.07 Å². The molecule has 0 saturated heterocycles. The average Bonchev–Trinajstić information content (AvgIpc) is 2.23. The van der Waals surface area contributed by atoms with Crippen LogP contribution in [0.2, 0.25) is 0 Å². The summed E-state index contributed by atoms with van der Waals surface area (Å²) >= 11 is 3.39. The summed E-state index contributed by atoms with van der Waals surface area (Å²) in [6.45, 7) is 7.36. The maximum Gasteiger partial charge on any atom is 0.101 e. The van der Waals surface area contributed by atoms with Crippen LogP contribution in [0.1, 0.15) is 26.3 Å². The molecule has 0 spiro atoms. The predicted octanol–water partition coefficient (Wildman–Crippen LogP) is 3.55. The number of rotatable bonds is 4. The zero-order chi connectivity index (χ0) is 12.9. The van der Waals surface area contributed by atoms with E-state index in [4.69, 9.17) is 10.00 Å². The van der Waals surface area contributed by atoms with Gasteiger partial charge >= 0.3 is 0 Å². The molecule has 17 heavy (non-hydrogen) atoms. The number of hydrogen-bond donors (Lipinski definition) is 1. The Hall–Kier alpha value is -1.05. The molecule has 0 aromatic heterocycles. The van der Waals surface area contributed by atoms with Crippen LogP contribution in [-0.4, -0.2) is 18.8 Å². The van der Waals surface area contributed by atoms with Gasteiger partial charge in [0.05, 0.1) is 23.5 Å². The first-order chi connectivity index (χ1) is 7.92. The maximum atomic E-state index is 8.96. The second-order valence-corrected chi connectivity index (χ2v) is 5.60. The summed E-state index contributed by atoms with van der Waals surface area (Å²) in [6.07, 6.45) is 0. The van der Waals surface area contributed by atoms with Gasteiger partial charge in [0.2, 0.25) is 0 Å². The summed E-state index contributed by atoms with van der Waals surface area (Å²) in [7, 11) is 0. The lowest BCUT2D eigenvalue weighted by Crippen LogP contribution is -2.23. The van der Waals surface area contributed by atoms with Gasteiger partial charge in [-0.05, 0) is 39.0 Å². The van der Waals surface area contributed by atoms with E-state index >= 15 is 0 Å². The molecule has 1 N–H and O–H groups in total. The lowest BCUT2D eigenvalue weighted by molar-refractivity contribution is 0.00333. The average molecular weight is 297 g/mol. The smallest absolute Gasteiger partial charge is 0.101 e. The molecule has 0 aliphatic heterocycles. The molecule has 1 rings (SSSR count). The van der Waals surface area contributed by atoms with E-state index in [0.29, 0.717) is 18.7 Å². The molecule has 0 aliphatic rings. The van der Waals surface area contributed by atoms with E-state index in [2.05, 4.69) is 27.3 Å². The zero-order valence-electron chi connectivity index (χ0n) is 10.4. The zero-order valence-corrected chi connectivity index (χ0v) is 12.0. The van der Waals surface area contributed by atoms with Gasteiger partial charge in [0.15, 0.2) is 0 Å². The van der Waals surface area contributed by atoms with Crippen LogP contribution < -0.4 is 5.32 Å². The standard InChI is InChI=1S/C13H17BrN2O/c1-13(2,3)17-7-6-16-12-8-11(14)5-4-10(12)9-15/h4-5,8,16H,6-7H2,1-3H3.